The predicted octanol–water partition coefficient (Wildman–Crippen LogP) is 0.437. The quantitative estimate of drug-likeness (QED) is 0.586. The van der Waals surface area contributed by atoms with Crippen molar-refractivity contribution in [3.8, 4) is 0 Å². The maximum Gasteiger partial charge on any atom is 0.305 e. The number of carbonyl (C=O) groups excluding carboxylic acids is 1. The van der Waals surface area contributed by atoms with E-state index in [2.05, 4.69) is 0 Å². The van der Waals surface area contributed by atoms with Crippen molar-refractivity contribution in [3.63, 3.8) is 0 Å². The fraction of sp³-hybridized carbons (Fsp3) is 0.875. The maximum atomic E-state index is 10.6. The summed E-state index contributed by atoms with van der Waals surface area (Å²) < 4.78 is 9.91. The molecule has 0 aromatic heterocycles. The molecule has 0 aromatic rings. The first-order chi connectivity index (χ1) is 5.52. The molecule has 4 heteroatoms. The largest absolute Gasteiger partial charge is 0.433 e. The van der Waals surface area contributed by atoms with Gasteiger partial charge in [-0.2, -0.15) is 0 Å². The molecule has 1 saturated heterocycles. The van der Waals surface area contributed by atoms with Crippen molar-refractivity contribution in [2.45, 2.75) is 38.6 Å². The van der Waals surface area contributed by atoms with Crippen LogP contribution in [0.2, 0.25) is 0 Å². The van der Waals surface area contributed by atoms with Gasteiger partial charge in [-0.3, -0.25) is 4.79 Å². The van der Waals surface area contributed by atoms with Crippen LogP contribution in [0.4, 0.5) is 0 Å². The smallest absolute Gasteiger partial charge is 0.305 e. The van der Waals surface area contributed by atoms with Gasteiger partial charge >= 0.3 is 5.97 Å². The highest BCUT2D eigenvalue weighted by Crippen LogP contribution is 2.25. The summed E-state index contributed by atoms with van der Waals surface area (Å²) in [4.78, 5) is 10.6. The summed E-state index contributed by atoms with van der Waals surface area (Å²) in [5.41, 5.74) is -1.04. The topological polar surface area (TPSA) is 55.8 Å². The second-order valence-corrected chi connectivity index (χ2v) is 3.27. The third-order valence-corrected chi connectivity index (χ3v) is 1.88. The third-order valence-electron chi connectivity index (χ3n) is 1.88. The summed E-state index contributed by atoms with van der Waals surface area (Å²) in [5, 5.41) is 9.68. The second-order valence-electron chi connectivity index (χ2n) is 3.27. The van der Waals surface area contributed by atoms with Gasteiger partial charge in [-0.05, 0) is 19.8 Å². The van der Waals surface area contributed by atoms with Crippen LogP contribution < -0.4 is 0 Å². The van der Waals surface area contributed by atoms with Gasteiger partial charge < -0.3 is 14.6 Å². The molecule has 0 saturated carbocycles. The molecule has 1 aliphatic heterocycles. The number of ether oxygens (including phenoxy) is 2. The Balaban J connectivity index is 2.54. The minimum Gasteiger partial charge on any atom is -0.433 e. The second kappa shape index (κ2) is 3.41. The molecule has 0 unspecified atom stereocenters. The van der Waals surface area contributed by atoms with E-state index < -0.39 is 17.9 Å². The van der Waals surface area contributed by atoms with Crippen LogP contribution in [0.1, 0.15) is 26.7 Å². The Morgan fingerprint density at radius 3 is 2.92 bits per heavy atom. The maximum absolute atomic E-state index is 10.6. The number of carbonyl (C=O) groups is 1. The van der Waals surface area contributed by atoms with Gasteiger partial charge in [0, 0.05) is 6.92 Å². The van der Waals surface area contributed by atoms with Crippen molar-refractivity contribution < 1.29 is 19.4 Å². The predicted molar refractivity (Wildman–Crippen MR) is 41.4 cm³/mol. The van der Waals surface area contributed by atoms with Crippen LogP contribution in [0.15, 0.2) is 0 Å². The first-order valence-corrected chi connectivity index (χ1v) is 4.03. The van der Waals surface area contributed by atoms with Gasteiger partial charge in [0.05, 0.1) is 6.61 Å². The molecule has 2 atom stereocenters. The minimum atomic E-state index is -1.04. The normalized spacial score (nSPS) is 36.1. The molecule has 70 valence electrons. The number of hydrogen-bond donors (Lipinski definition) is 1. The average Bonchev–Trinajstić information content (AvgIpc) is 1.92. The Kier molecular flexibility index (Phi) is 2.69. The Labute approximate surface area is 71.5 Å². The molecule has 0 radical (unpaired) electrons. The van der Waals surface area contributed by atoms with Gasteiger partial charge in [-0.15, -0.1) is 0 Å². The molecule has 0 aliphatic carbocycles. The Morgan fingerprint density at radius 1 is 1.75 bits per heavy atom. The number of aliphatic hydroxyl groups is 1. The summed E-state index contributed by atoms with van der Waals surface area (Å²) in [5.74, 6) is -0.429. The van der Waals surface area contributed by atoms with E-state index in [4.69, 9.17) is 9.47 Å². The van der Waals surface area contributed by atoms with Gasteiger partial charge in [-0.25, -0.2) is 0 Å². The molecular weight excluding hydrogens is 160 g/mol. The Morgan fingerprint density at radius 2 is 2.42 bits per heavy atom. The lowest BCUT2D eigenvalue weighted by Gasteiger charge is -2.35. The van der Waals surface area contributed by atoms with Crippen LogP contribution in [0.5, 0.6) is 0 Å². The van der Waals surface area contributed by atoms with Crippen LogP contribution in [0, 0.1) is 0 Å². The van der Waals surface area contributed by atoms with Crippen LogP contribution in [0.25, 0.3) is 0 Å². The number of esters is 1. The van der Waals surface area contributed by atoms with E-state index in [0.717, 1.165) is 6.42 Å². The molecule has 12 heavy (non-hydrogen) atoms. The lowest BCUT2D eigenvalue weighted by Crippen LogP contribution is -2.47. The molecular formula is C8H14O4. The molecule has 1 N–H and O–H groups in total. The van der Waals surface area contributed by atoms with E-state index in [0.29, 0.717) is 13.0 Å². The molecule has 1 rings (SSSR count). The molecule has 1 aliphatic rings. The highest BCUT2D eigenvalue weighted by molar-refractivity contribution is 5.66. The molecule has 0 amide bonds. The van der Waals surface area contributed by atoms with Crippen LogP contribution >= 0.6 is 0 Å². The van der Waals surface area contributed by atoms with Crippen molar-refractivity contribution in [1.82, 2.24) is 0 Å². The zero-order chi connectivity index (χ0) is 9.19. The summed E-state index contributed by atoms with van der Waals surface area (Å²) in [6.45, 7) is 3.45. The van der Waals surface area contributed by atoms with Crippen LogP contribution in [0.3, 0.4) is 0 Å². The molecule has 0 bridgehead atoms. The molecule has 1 fully saturated rings. The standard InChI is InChI=1S/C8H14O4/c1-6(9)12-7-8(2,10)4-3-5-11-7/h7,10H,3-5H2,1-2H3/t7-,8+/m1/s1. The minimum absolute atomic E-state index is 0.429. The number of rotatable bonds is 1. The van der Waals surface area contributed by atoms with E-state index in [9.17, 15) is 9.90 Å². The van der Waals surface area contributed by atoms with Crippen molar-refractivity contribution in [1.29, 1.82) is 0 Å². The van der Waals surface area contributed by atoms with E-state index >= 15 is 0 Å². The zero-order valence-electron chi connectivity index (χ0n) is 7.37. The zero-order valence-corrected chi connectivity index (χ0v) is 7.37. The van der Waals surface area contributed by atoms with Gasteiger partial charge in [-0.1, -0.05) is 0 Å². The summed E-state index contributed by atoms with van der Waals surface area (Å²) in [6, 6.07) is 0. The Hall–Kier alpha value is -0.610. The summed E-state index contributed by atoms with van der Waals surface area (Å²) in [7, 11) is 0. The molecule has 0 aromatic carbocycles. The van der Waals surface area contributed by atoms with Gasteiger partial charge in [0.25, 0.3) is 0 Å². The third kappa shape index (κ3) is 2.19. The van der Waals surface area contributed by atoms with Crippen molar-refractivity contribution in [2.24, 2.45) is 0 Å². The van der Waals surface area contributed by atoms with E-state index in [1.54, 1.807) is 6.92 Å². The summed E-state index contributed by atoms with van der Waals surface area (Å²) in [6.07, 6.45) is 0.596. The number of hydrogen-bond acceptors (Lipinski definition) is 4. The molecule has 0 spiro atoms. The molecule has 4 nitrogen and oxygen atoms in total. The highest BCUT2D eigenvalue weighted by Gasteiger charge is 2.37. The van der Waals surface area contributed by atoms with Gasteiger partial charge in [0.15, 0.2) is 0 Å². The van der Waals surface area contributed by atoms with Crippen molar-refractivity contribution in [2.75, 3.05) is 6.61 Å². The van der Waals surface area contributed by atoms with Crippen molar-refractivity contribution >= 4 is 5.97 Å². The van der Waals surface area contributed by atoms with Crippen LogP contribution in [-0.2, 0) is 14.3 Å². The van der Waals surface area contributed by atoms with Crippen LogP contribution in [-0.4, -0.2) is 29.6 Å². The van der Waals surface area contributed by atoms with Gasteiger partial charge in [0.1, 0.15) is 5.60 Å². The monoisotopic (exact) mass is 174 g/mol. The Bertz CT molecular complexity index is 176. The van der Waals surface area contributed by atoms with Crippen molar-refractivity contribution in [3.05, 3.63) is 0 Å². The average molecular weight is 174 g/mol. The first kappa shape index (κ1) is 9.48. The highest BCUT2D eigenvalue weighted by atomic mass is 16.7. The fourth-order valence-electron chi connectivity index (χ4n) is 1.23. The SMILES string of the molecule is CC(=O)O[C@H]1OCCC[C@]1(C)O. The van der Waals surface area contributed by atoms with E-state index in [-0.39, 0.29) is 0 Å². The lowest BCUT2D eigenvalue weighted by atomic mass is 9.97. The first-order valence-electron chi connectivity index (χ1n) is 4.03. The fourth-order valence-corrected chi connectivity index (χ4v) is 1.23. The van der Waals surface area contributed by atoms with E-state index in [1.165, 1.54) is 6.92 Å². The summed E-state index contributed by atoms with van der Waals surface area (Å²) >= 11 is 0. The van der Waals surface area contributed by atoms with Gasteiger partial charge in [0.2, 0.25) is 6.29 Å². The lowest BCUT2D eigenvalue weighted by molar-refractivity contribution is -0.246. The molecule has 1 heterocycles. The van der Waals surface area contributed by atoms with E-state index in [1.807, 2.05) is 0 Å².